The number of carbonyl (C=O) groups excluding carboxylic acids is 1. The highest BCUT2D eigenvalue weighted by molar-refractivity contribution is 6.04. The first-order chi connectivity index (χ1) is 13.7. The lowest BCUT2D eigenvalue weighted by molar-refractivity contribution is 0.0447. The first-order valence-corrected chi connectivity index (χ1v) is 8.65. The zero-order chi connectivity index (χ0) is 19.5. The van der Waals surface area contributed by atoms with E-state index in [1.807, 2.05) is 0 Å². The van der Waals surface area contributed by atoms with E-state index in [0.29, 0.717) is 33.5 Å². The molecule has 0 N–H and O–H groups in total. The van der Waals surface area contributed by atoms with Crippen molar-refractivity contribution in [2.45, 2.75) is 6.61 Å². The Hall–Kier alpha value is -3.80. The van der Waals surface area contributed by atoms with Crippen LogP contribution in [0.3, 0.4) is 0 Å². The Kier molecular flexibility index (Phi) is 4.68. The molecule has 0 amide bonds. The second-order valence-corrected chi connectivity index (χ2v) is 6.12. The van der Waals surface area contributed by atoms with Crippen LogP contribution in [-0.4, -0.2) is 17.6 Å². The molecular formula is C22H17NO5. The number of esters is 1. The van der Waals surface area contributed by atoms with Crippen LogP contribution >= 0.6 is 0 Å². The molecule has 0 saturated carbocycles. The van der Waals surface area contributed by atoms with Crippen molar-refractivity contribution < 1.29 is 18.7 Å². The molecule has 4 aromatic rings. The SMILES string of the molecule is COc1ccc(-n2cc(C(=O)OCc3ccco3)c3ccccc3c2=O)cc1. The molecule has 0 atom stereocenters. The van der Waals surface area contributed by atoms with Crippen LogP contribution in [0.4, 0.5) is 0 Å². The maximum Gasteiger partial charge on any atom is 0.340 e. The number of furan rings is 1. The average molecular weight is 375 g/mol. The second-order valence-electron chi connectivity index (χ2n) is 6.12. The zero-order valence-electron chi connectivity index (χ0n) is 15.1. The lowest BCUT2D eigenvalue weighted by atomic mass is 10.1. The third-order valence-corrected chi connectivity index (χ3v) is 4.42. The Bertz CT molecular complexity index is 1170. The molecule has 0 fully saturated rings. The van der Waals surface area contributed by atoms with Crippen LogP contribution in [0.25, 0.3) is 16.5 Å². The molecule has 6 nitrogen and oxygen atoms in total. The predicted molar refractivity (Wildman–Crippen MR) is 104 cm³/mol. The number of rotatable bonds is 5. The molecule has 2 aromatic heterocycles. The van der Waals surface area contributed by atoms with Crippen LogP contribution in [0.5, 0.6) is 5.75 Å². The van der Waals surface area contributed by atoms with Gasteiger partial charge in [-0.2, -0.15) is 0 Å². The number of hydrogen-bond acceptors (Lipinski definition) is 5. The number of carbonyl (C=O) groups is 1. The number of methoxy groups -OCH3 is 1. The number of ether oxygens (including phenoxy) is 2. The second kappa shape index (κ2) is 7.44. The average Bonchev–Trinajstić information content (AvgIpc) is 3.26. The van der Waals surface area contributed by atoms with Crippen molar-refractivity contribution in [2.24, 2.45) is 0 Å². The quantitative estimate of drug-likeness (QED) is 0.494. The fourth-order valence-corrected chi connectivity index (χ4v) is 3.00. The normalized spacial score (nSPS) is 10.8. The maximum atomic E-state index is 13.0. The van der Waals surface area contributed by atoms with Gasteiger partial charge in [-0.05, 0) is 42.5 Å². The Balaban J connectivity index is 1.79. The smallest absolute Gasteiger partial charge is 0.340 e. The number of fused-ring (bicyclic) bond motifs is 1. The third kappa shape index (κ3) is 3.27. The minimum Gasteiger partial charge on any atom is -0.497 e. The number of benzene rings is 2. The summed E-state index contributed by atoms with van der Waals surface area (Å²) < 4.78 is 17.2. The minimum atomic E-state index is -0.533. The van der Waals surface area contributed by atoms with E-state index in [9.17, 15) is 9.59 Å². The Morgan fingerprint density at radius 1 is 1.00 bits per heavy atom. The molecule has 0 aliphatic heterocycles. The molecule has 2 heterocycles. The van der Waals surface area contributed by atoms with Crippen molar-refractivity contribution in [3.63, 3.8) is 0 Å². The third-order valence-electron chi connectivity index (χ3n) is 4.42. The molecular weight excluding hydrogens is 358 g/mol. The highest BCUT2D eigenvalue weighted by atomic mass is 16.5. The van der Waals surface area contributed by atoms with Crippen LogP contribution in [0.2, 0.25) is 0 Å². The summed E-state index contributed by atoms with van der Waals surface area (Å²) in [4.78, 5) is 25.7. The van der Waals surface area contributed by atoms with Crippen LogP contribution in [0, 0.1) is 0 Å². The number of pyridine rings is 1. The highest BCUT2D eigenvalue weighted by Gasteiger charge is 2.17. The summed E-state index contributed by atoms with van der Waals surface area (Å²) in [5.41, 5.74) is 0.706. The molecule has 0 bridgehead atoms. The van der Waals surface area contributed by atoms with Crippen molar-refractivity contribution >= 4 is 16.7 Å². The van der Waals surface area contributed by atoms with Crippen LogP contribution < -0.4 is 10.3 Å². The fourth-order valence-electron chi connectivity index (χ4n) is 3.00. The summed E-state index contributed by atoms with van der Waals surface area (Å²) in [6.07, 6.45) is 3.03. The summed E-state index contributed by atoms with van der Waals surface area (Å²) in [7, 11) is 1.57. The Labute approximate surface area is 160 Å². The number of aromatic nitrogens is 1. The van der Waals surface area contributed by atoms with Crippen LogP contribution in [0.1, 0.15) is 16.1 Å². The van der Waals surface area contributed by atoms with E-state index in [1.165, 1.54) is 17.0 Å². The Morgan fingerprint density at radius 2 is 1.75 bits per heavy atom. The van der Waals surface area contributed by atoms with E-state index < -0.39 is 5.97 Å². The van der Waals surface area contributed by atoms with Gasteiger partial charge in [-0.1, -0.05) is 18.2 Å². The van der Waals surface area contributed by atoms with E-state index in [4.69, 9.17) is 13.9 Å². The highest BCUT2D eigenvalue weighted by Crippen LogP contribution is 2.20. The predicted octanol–water partition coefficient (Wildman–Crippen LogP) is 3.95. The summed E-state index contributed by atoms with van der Waals surface area (Å²) in [6, 6.07) is 17.5. The molecule has 0 radical (unpaired) electrons. The molecule has 0 aliphatic carbocycles. The summed E-state index contributed by atoms with van der Waals surface area (Å²) in [5, 5.41) is 0.979. The van der Waals surface area contributed by atoms with E-state index in [2.05, 4.69) is 0 Å². The van der Waals surface area contributed by atoms with Gasteiger partial charge in [-0.25, -0.2) is 4.79 Å². The molecule has 6 heteroatoms. The summed E-state index contributed by atoms with van der Waals surface area (Å²) in [6.45, 7) is 0.0157. The van der Waals surface area contributed by atoms with Crippen LogP contribution in [-0.2, 0) is 11.3 Å². The van der Waals surface area contributed by atoms with E-state index in [1.54, 1.807) is 67.8 Å². The first-order valence-electron chi connectivity index (χ1n) is 8.65. The zero-order valence-corrected chi connectivity index (χ0v) is 15.1. The van der Waals surface area contributed by atoms with Crippen molar-refractivity contribution in [3.05, 3.63) is 94.8 Å². The molecule has 0 saturated heterocycles. The van der Waals surface area contributed by atoms with Gasteiger partial charge < -0.3 is 13.9 Å². The van der Waals surface area contributed by atoms with E-state index in [0.717, 1.165) is 0 Å². The van der Waals surface area contributed by atoms with Crippen molar-refractivity contribution in [1.29, 1.82) is 0 Å². The van der Waals surface area contributed by atoms with Gasteiger partial charge in [0.1, 0.15) is 18.1 Å². The maximum absolute atomic E-state index is 13.0. The van der Waals surface area contributed by atoms with Gasteiger partial charge in [0, 0.05) is 22.7 Å². The number of nitrogens with zero attached hydrogens (tertiary/aromatic N) is 1. The molecule has 140 valence electrons. The molecule has 28 heavy (non-hydrogen) atoms. The molecule has 0 aliphatic rings. The van der Waals surface area contributed by atoms with Gasteiger partial charge in [0.2, 0.25) is 0 Å². The Morgan fingerprint density at radius 3 is 2.43 bits per heavy atom. The summed E-state index contributed by atoms with van der Waals surface area (Å²) >= 11 is 0. The van der Waals surface area contributed by atoms with Crippen LogP contribution in [0.15, 0.2) is 82.3 Å². The molecule has 4 rings (SSSR count). The van der Waals surface area contributed by atoms with Crippen molar-refractivity contribution in [1.82, 2.24) is 4.57 Å². The lowest BCUT2D eigenvalue weighted by Crippen LogP contribution is -2.21. The standard InChI is InChI=1S/C22H17NO5/c1-26-16-10-8-15(9-11-16)23-13-20(18-6-2-3-7-19(18)21(23)24)22(25)28-14-17-5-4-12-27-17/h2-13H,14H2,1H3. The number of hydrogen-bond donors (Lipinski definition) is 0. The molecule has 0 spiro atoms. The first kappa shape index (κ1) is 17.6. The molecule has 2 aromatic carbocycles. The van der Waals surface area contributed by atoms with Gasteiger partial charge in [0.15, 0.2) is 0 Å². The topological polar surface area (TPSA) is 70.7 Å². The lowest BCUT2D eigenvalue weighted by Gasteiger charge is -2.12. The van der Waals surface area contributed by atoms with Gasteiger partial charge in [-0.3, -0.25) is 9.36 Å². The van der Waals surface area contributed by atoms with E-state index >= 15 is 0 Å². The largest absolute Gasteiger partial charge is 0.497 e. The fraction of sp³-hybridized carbons (Fsp3) is 0.0909. The minimum absolute atomic E-state index is 0.0157. The van der Waals surface area contributed by atoms with Gasteiger partial charge in [0.25, 0.3) is 5.56 Å². The van der Waals surface area contributed by atoms with Crippen molar-refractivity contribution in [2.75, 3.05) is 7.11 Å². The molecule has 0 unspecified atom stereocenters. The van der Waals surface area contributed by atoms with Gasteiger partial charge in [0.05, 0.1) is 18.9 Å². The van der Waals surface area contributed by atoms with E-state index in [-0.39, 0.29) is 12.2 Å². The monoisotopic (exact) mass is 375 g/mol. The van der Waals surface area contributed by atoms with Gasteiger partial charge in [-0.15, -0.1) is 0 Å². The van der Waals surface area contributed by atoms with Crippen molar-refractivity contribution in [3.8, 4) is 11.4 Å². The summed E-state index contributed by atoms with van der Waals surface area (Å²) in [5.74, 6) is 0.687. The van der Waals surface area contributed by atoms with Gasteiger partial charge >= 0.3 is 5.97 Å².